The maximum absolute atomic E-state index is 12.0. The number of carbonyl (C=O) groups excluding carboxylic acids is 1. The van der Waals surface area contributed by atoms with Gasteiger partial charge in [0.1, 0.15) is 6.10 Å². The van der Waals surface area contributed by atoms with Gasteiger partial charge in [0.05, 0.1) is 33.0 Å². The fourth-order valence-corrected chi connectivity index (χ4v) is 2.81. The lowest BCUT2D eigenvalue weighted by molar-refractivity contribution is 0.143. The molecule has 0 aliphatic carbocycles. The molecule has 0 spiro atoms. The Bertz CT molecular complexity index is 706. The second kappa shape index (κ2) is 7.24. The summed E-state index contributed by atoms with van der Waals surface area (Å²) in [6.07, 6.45) is -1.13. The van der Waals surface area contributed by atoms with E-state index in [1.807, 2.05) is 0 Å². The van der Waals surface area contributed by atoms with Gasteiger partial charge in [0, 0.05) is 20.2 Å². The number of rotatable bonds is 7. The van der Waals surface area contributed by atoms with Crippen LogP contribution in [0.25, 0.3) is 0 Å². The number of cyclic esters (lactones) is 1. The first kappa shape index (κ1) is 18.3. The molecule has 1 saturated heterocycles. The Morgan fingerprint density at radius 2 is 1.96 bits per heavy atom. The maximum Gasteiger partial charge on any atom is 0.414 e. The Kier molecular flexibility index (Phi) is 5.52. The van der Waals surface area contributed by atoms with Crippen molar-refractivity contribution in [1.82, 2.24) is 9.03 Å². The van der Waals surface area contributed by atoms with Crippen molar-refractivity contribution in [3.8, 4) is 11.5 Å². The highest BCUT2D eigenvalue weighted by Crippen LogP contribution is 2.33. The van der Waals surface area contributed by atoms with Crippen LogP contribution in [0.15, 0.2) is 18.2 Å². The molecule has 24 heavy (non-hydrogen) atoms. The minimum atomic E-state index is -3.57. The standard InChI is InChI=1S/C14H21N3O6S/c1-16(2)24(19,20)15-8-11-9-17(14(18)23-11)10-5-6-12(21-3)13(7-10)22-4/h5-7,11,15H,8-9H2,1-4H3. The molecule has 0 radical (unpaired) electrons. The van der Waals surface area contributed by atoms with Gasteiger partial charge in [-0.2, -0.15) is 17.4 Å². The van der Waals surface area contributed by atoms with Gasteiger partial charge in [-0.25, -0.2) is 4.79 Å². The molecule has 1 amide bonds. The number of anilines is 1. The monoisotopic (exact) mass is 359 g/mol. The van der Waals surface area contributed by atoms with E-state index in [1.54, 1.807) is 18.2 Å². The van der Waals surface area contributed by atoms with Crippen LogP contribution in [0, 0.1) is 0 Å². The minimum absolute atomic E-state index is 0.00393. The number of benzene rings is 1. The number of hydrogen-bond acceptors (Lipinski definition) is 6. The predicted octanol–water partition coefficient (Wildman–Crippen LogP) is 0.425. The van der Waals surface area contributed by atoms with E-state index in [-0.39, 0.29) is 13.1 Å². The number of hydrogen-bond donors (Lipinski definition) is 1. The third-order valence-electron chi connectivity index (χ3n) is 3.53. The second-order valence-electron chi connectivity index (χ2n) is 5.29. The molecule has 1 aromatic rings. The average Bonchev–Trinajstić information content (AvgIpc) is 2.93. The molecule has 0 saturated carbocycles. The van der Waals surface area contributed by atoms with Crippen LogP contribution in [0.1, 0.15) is 0 Å². The van der Waals surface area contributed by atoms with Gasteiger partial charge < -0.3 is 14.2 Å². The predicted molar refractivity (Wildman–Crippen MR) is 87.8 cm³/mol. The van der Waals surface area contributed by atoms with E-state index < -0.39 is 22.4 Å². The number of nitrogens with zero attached hydrogens (tertiary/aromatic N) is 2. The van der Waals surface area contributed by atoms with Gasteiger partial charge in [-0.05, 0) is 12.1 Å². The van der Waals surface area contributed by atoms with Crippen LogP contribution in [-0.2, 0) is 14.9 Å². The zero-order chi connectivity index (χ0) is 17.9. The first-order valence-corrected chi connectivity index (χ1v) is 8.59. The molecular formula is C14H21N3O6S. The van der Waals surface area contributed by atoms with Crippen LogP contribution in [0.4, 0.5) is 10.5 Å². The second-order valence-corrected chi connectivity index (χ2v) is 7.26. The summed E-state index contributed by atoms with van der Waals surface area (Å²) in [4.78, 5) is 13.5. The highest BCUT2D eigenvalue weighted by molar-refractivity contribution is 7.87. The molecular weight excluding hydrogens is 338 g/mol. The van der Waals surface area contributed by atoms with Gasteiger partial charge in [-0.15, -0.1) is 0 Å². The van der Waals surface area contributed by atoms with Crippen LogP contribution in [0.2, 0.25) is 0 Å². The van der Waals surface area contributed by atoms with E-state index in [2.05, 4.69) is 4.72 Å². The summed E-state index contributed by atoms with van der Waals surface area (Å²) < 4.78 is 42.4. The molecule has 1 N–H and O–H groups in total. The van der Waals surface area contributed by atoms with Gasteiger partial charge in [0.15, 0.2) is 11.5 Å². The topological polar surface area (TPSA) is 97.4 Å². The Morgan fingerprint density at radius 1 is 1.29 bits per heavy atom. The van der Waals surface area contributed by atoms with Crippen molar-refractivity contribution in [1.29, 1.82) is 0 Å². The summed E-state index contributed by atoms with van der Waals surface area (Å²) in [7, 11) is 2.29. The van der Waals surface area contributed by atoms with Crippen molar-refractivity contribution in [2.75, 3.05) is 46.3 Å². The summed E-state index contributed by atoms with van der Waals surface area (Å²) in [5, 5.41) is 0. The van der Waals surface area contributed by atoms with Crippen molar-refractivity contribution in [3.63, 3.8) is 0 Å². The van der Waals surface area contributed by atoms with Crippen molar-refractivity contribution in [3.05, 3.63) is 18.2 Å². The molecule has 2 rings (SSSR count). The number of nitrogens with one attached hydrogen (secondary N) is 1. The van der Waals surface area contributed by atoms with Crippen molar-refractivity contribution in [2.24, 2.45) is 0 Å². The van der Waals surface area contributed by atoms with E-state index in [0.717, 1.165) is 4.31 Å². The average molecular weight is 359 g/mol. The molecule has 1 heterocycles. The Labute approximate surface area is 141 Å². The van der Waals surface area contributed by atoms with Crippen molar-refractivity contribution >= 4 is 22.0 Å². The van der Waals surface area contributed by atoms with Gasteiger partial charge in [0.2, 0.25) is 0 Å². The number of amides is 1. The lowest BCUT2D eigenvalue weighted by atomic mass is 10.2. The van der Waals surface area contributed by atoms with Crippen LogP contribution in [-0.4, -0.2) is 66.3 Å². The largest absolute Gasteiger partial charge is 0.493 e. The maximum atomic E-state index is 12.0. The molecule has 1 aromatic carbocycles. The van der Waals surface area contributed by atoms with Gasteiger partial charge in [-0.3, -0.25) is 4.90 Å². The number of methoxy groups -OCH3 is 2. The van der Waals surface area contributed by atoms with Crippen molar-refractivity contribution in [2.45, 2.75) is 6.10 Å². The smallest absolute Gasteiger partial charge is 0.414 e. The lowest BCUT2D eigenvalue weighted by Gasteiger charge is -2.16. The van der Waals surface area contributed by atoms with Crippen LogP contribution < -0.4 is 19.1 Å². The quantitative estimate of drug-likeness (QED) is 0.758. The van der Waals surface area contributed by atoms with E-state index >= 15 is 0 Å². The van der Waals surface area contributed by atoms with Gasteiger partial charge in [-0.1, -0.05) is 0 Å². The molecule has 0 bridgehead atoms. The van der Waals surface area contributed by atoms with Crippen LogP contribution in [0.5, 0.6) is 11.5 Å². The molecule has 1 aliphatic rings. The fourth-order valence-electron chi connectivity index (χ4n) is 2.16. The molecule has 0 aromatic heterocycles. The summed E-state index contributed by atoms with van der Waals surface area (Å²) >= 11 is 0. The molecule has 1 atom stereocenters. The van der Waals surface area contributed by atoms with E-state index in [1.165, 1.54) is 33.2 Å². The summed E-state index contributed by atoms with van der Waals surface area (Å²) in [6, 6.07) is 5.05. The zero-order valence-electron chi connectivity index (χ0n) is 14.0. The summed E-state index contributed by atoms with van der Waals surface area (Å²) in [5.41, 5.74) is 0.579. The first-order valence-electron chi connectivity index (χ1n) is 7.15. The first-order chi connectivity index (χ1) is 11.3. The Hall–Kier alpha value is -2.04. The molecule has 9 nitrogen and oxygen atoms in total. The Morgan fingerprint density at radius 3 is 2.54 bits per heavy atom. The zero-order valence-corrected chi connectivity index (χ0v) is 14.8. The molecule has 1 aliphatic heterocycles. The summed E-state index contributed by atoms with van der Waals surface area (Å²) in [5.74, 6) is 1.03. The molecule has 10 heteroatoms. The molecule has 1 fully saturated rings. The fraction of sp³-hybridized carbons (Fsp3) is 0.500. The van der Waals surface area contributed by atoms with Crippen LogP contribution in [0.3, 0.4) is 0 Å². The number of ether oxygens (including phenoxy) is 3. The third kappa shape index (κ3) is 3.89. The minimum Gasteiger partial charge on any atom is -0.493 e. The van der Waals surface area contributed by atoms with E-state index in [0.29, 0.717) is 17.2 Å². The normalized spacial score (nSPS) is 18.0. The van der Waals surface area contributed by atoms with E-state index in [9.17, 15) is 13.2 Å². The highest BCUT2D eigenvalue weighted by atomic mass is 32.2. The third-order valence-corrected chi connectivity index (χ3v) is 5.02. The summed E-state index contributed by atoms with van der Waals surface area (Å²) in [6.45, 7) is 0.223. The Balaban J connectivity index is 2.07. The molecule has 1 unspecified atom stereocenters. The van der Waals surface area contributed by atoms with Gasteiger partial charge >= 0.3 is 6.09 Å². The van der Waals surface area contributed by atoms with Crippen molar-refractivity contribution < 1.29 is 27.4 Å². The highest BCUT2D eigenvalue weighted by Gasteiger charge is 2.33. The lowest BCUT2D eigenvalue weighted by Crippen LogP contribution is -2.40. The SMILES string of the molecule is COc1ccc(N2CC(CNS(=O)(=O)N(C)C)OC2=O)cc1OC. The van der Waals surface area contributed by atoms with Gasteiger partial charge in [0.25, 0.3) is 10.2 Å². The molecule has 134 valence electrons. The van der Waals surface area contributed by atoms with E-state index in [4.69, 9.17) is 14.2 Å². The number of carbonyl (C=O) groups is 1. The van der Waals surface area contributed by atoms with Crippen LogP contribution >= 0.6 is 0 Å².